The van der Waals surface area contributed by atoms with Crippen LogP contribution in [0.5, 0.6) is 0 Å². The third-order valence-corrected chi connectivity index (χ3v) is 1.66. The van der Waals surface area contributed by atoms with Crippen molar-refractivity contribution in [2.75, 3.05) is 6.54 Å². The van der Waals surface area contributed by atoms with Crippen molar-refractivity contribution in [3.63, 3.8) is 0 Å². The minimum absolute atomic E-state index is 0. The number of rotatable bonds is 2. The van der Waals surface area contributed by atoms with Gasteiger partial charge in [0.15, 0.2) is 0 Å². The van der Waals surface area contributed by atoms with E-state index in [2.05, 4.69) is 20.9 Å². The van der Waals surface area contributed by atoms with Crippen LogP contribution in [-0.2, 0) is 6.42 Å². The lowest BCUT2D eigenvalue weighted by Crippen LogP contribution is -2.02. The molecule has 62 valence electrons. The number of hydrogen-bond acceptors (Lipinski definition) is 2. The van der Waals surface area contributed by atoms with E-state index in [1.54, 1.807) is 6.20 Å². The zero-order valence-electron chi connectivity index (χ0n) is 5.96. The minimum Gasteiger partial charge on any atom is -0.330 e. The summed E-state index contributed by atoms with van der Waals surface area (Å²) in [5.74, 6) is 0. The van der Waals surface area contributed by atoms with E-state index in [-0.39, 0.29) is 12.4 Å². The van der Waals surface area contributed by atoms with Gasteiger partial charge in [-0.2, -0.15) is 0 Å². The number of hydrogen-bond donors (Lipinski definition) is 1. The largest absolute Gasteiger partial charge is 0.330 e. The molecule has 1 heterocycles. The monoisotopic (exact) mass is 236 g/mol. The van der Waals surface area contributed by atoms with Gasteiger partial charge in [-0.15, -0.1) is 12.4 Å². The summed E-state index contributed by atoms with van der Waals surface area (Å²) in [4.78, 5) is 4.00. The van der Waals surface area contributed by atoms with Crippen molar-refractivity contribution in [1.29, 1.82) is 0 Å². The molecule has 1 rings (SSSR count). The molecule has 1 aromatic rings. The molecule has 0 aliphatic carbocycles. The third-order valence-electron chi connectivity index (χ3n) is 1.22. The quantitative estimate of drug-likeness (QED) is 0.796. The maximum Gasteiger partial charge on any atom is 0.106 e. The Kier molecular flexibility index (Phi) is 5.46. The third kappa shape index (κ3) is 3.70. The van der Waals surface area contributed by atoms with E-state index in [0.717, 1.165) is 11.0 Å². The molecule has 0 amide bonds. The Bertz CT molecular complexity index is 217. The second kappa shape index (κ2) is 5.52. The zero-order valence-corrected chi connectivity index (χ0v) is 8.36. The molecule has 0 aromatic carbocycles. The van der Waals surface area contributed by atoms with Crippen LogP contribution in [0.2, 0.25) is 0 Å². The first-order valence-electron chi connectivity index (χ1n) is 3.13. The van der Waals surface area contributed by atoms with Crippen molar-refractivity contribution < 1.29 is 0 Å². The smallest absolute Gasteiger partial charge is 0.106 e. The van der Waals surface area contributed by atoms with Crippen LogP contribution >= 0.6 is 28.3 Å². The van der Waals surface area contributed by atoms with E-state index >= 15 is 0 Å². The van der Waals surface area contributed by atoms with Gasteiger partial charge in [0, 0.05) is 6.20 Å². The molecule has 2 nitrogen and oxygen atoms in total. The van der Waals surface area contributed by atoms with E-state index in [9.17, 15) is 0 Å². The summed E-state index contributed by atoms with van der Waals surface area (Å²) < 4.78 is 0.874. The van der Waals surface area contributed by atoms with E-state index in [4.69, 9.17) is 5.73 Å². The van der Waals surface area contributed by atoms with Gasteiger partial charge in [-0.3, -0.25) is 0 Å². The lowest BCUT2D eigenvalue weighted by Gasteiger charge is -1.96. The van der Waals surface area contributed by atoms with Crippen molar-refractivity contribution >= 4 is 28.3 Å². The Morgan fingerprint density at radius 1 is 1.55 bits per heavy atom. The van der Waals surface area contributed by atoms with Crippen LogP contribution in [0, 0.1) is 0 Å². The fourth-order valence-electron chi connectivity index (χ4n) is 0.765. The summed E-state index contributed by atoms with van der Waals surface area (Å²) in [6.45, 7) is 0.691. The predicted molar refractivity (Wildman–Crippen MR) is 51.9 cm³/mol. The summed E-state index contributed by atoms with van der Waals surface area (Å²) >= 11 is 3.28. The standard InChI is InChI=1S/C7H9BrN2.ClH/c8-7-5-6(1-3-9)2-4-10-7;/h2,4-5H,1,3,9H2;1H. The summed E-state index contributed by atoms with van der Waals surface area (Å²) in [6, 6.07) is 3.95. The van der Waals surface area contributed by atoms with Crippen LogP contribution in [0.4, 0.5) is 0 Å². The first kappa shape index (κ1) is 10.9. The van der Waals surface area contributed by atoms with Crippen LogP contribution in [-0.4, -0.2) is 11.5 Å². The Hall–Kier alpha value is -0.120. The minimum atomic E-state index is 0. The number of nitrogens with zero attached hydrogens (tertiary/aromatic N) is 1. The molecule has 0 aliphatic rings. The average molecular weight is 238 g/mol. The molecule has 0 bridgehead atoms. The van der Waals surface area contributed by atoms with Crippen molar-refractivity contribution in [3.8, 4) is 0 Å². The van der Waals surface area contributed by atoms with Gasteiger partial charge in [-0.1, -0.05) is 0 Å². The van der Waals surface area contributed by atoms with Crippen LogP contribution in [0.3, 0.4) is 0 Å². The highest BCUT2D eigenvalue weighted by Gasteiger charge is 1.91. The predicted octanol–water partition coefficient (Wildman–Crippen LogP) is 1.77. The van der Waals surface area contributed by atoms with Gasteiger partial charge >= 0.3 is 0 Å². The molecular formula is C7H10BrClN2. The maximum absolute atomic E-state index is 5.37. The Morgan fingerprint density at radius 2 is 2.27 bits per heavy atom. The zero-order chi connectivity index (χ0) is 7.40. The van der Waals surface area contributed by atoms with Crippen LogP contribution in [0.15, 0.2) is 22.9 Å². The van der Waals surface area contributed by atoms with Crippen molar-refractivity contribution in [3.05, 3.63) is 28.5 Å². The summed E-state index contributed by atoms with van der Waals surface area (Å²) in [7, 11) is 0. The second-order valence-electron chi connectivity index (χ2n) is 2.03. The highest BCUT2D eigenvalue weighted by Crippen LogP contribution is 2.07. The summed E-state index contributed by atoms with van der Waals surface area (Å²) in [5, 5.41) is 0. The van der Waals surface area contributed by atoms with Gasteiger partial charge in [-0.25, -0.2) is 4.98 Å². The van der Waals surface area contributed by atoms with E-state index in [1.165, 1.54) is 5.56 Å². The molecule has 0 radical (unpaired) electrons. The van der Waals surface area contributed by atoms with Gasteiger partial charge in [0.2, 0.25) is 0 Å². The SMILES string of the molecule is Cl.NCCc1ccnc(Br)c1. The Morgan fingerprint density at radius 3 is 2.82 bits per heavy atom. The molecule has 0 spiro atoms. The lowest BCUT2D eigenvalue weighted by molar-refractivity contribution is 0.961. The number of pyridine rings is 1. The van der Waals surface area contributed by atoms with Crippen LogP contribution in [0.25, 0.3) is 0 Å². The first-order chi connectivity index (χ1) is 4.83. The molecule has 2 N–H and O–H groups in total. The number of halogens is 2. The molecule has 11 heavy (non-hydrogen) atoms. The maximum atomic E-state index is 5.37. The summed E-state index contributed by atoms with van der Waals surface area (Å²) in [5.41, 5.74) is 6.60. The van der Waals surface area contributed by atoms with E-state index < -0.39 is 0 Å². The Balaban J connectivity index is 0.000001000. The lowest BCUT2D eigenvalue weighted by atomic mass is 10.2. The molecule has 1 aromatic heterocycles. The molecule has 0 atom stereocenters. The number of aromatic nitrogens is 1. The normalized spacial score (nSPS) is 8.91. The van der Waals surface area contributed by atoms with Gasteiger partial charge in [0.1, 0.15) is 4.60 Å². The average Bonchev–Trinajstić information content (AvgIpc) is 1.88. The van der Waals surface area contributed by atoms with Crippen molar-refractivity contribution in [2.24, 2.45) is 5.73 Å². The van der Waals surface area contributed by atoms with Gasteiger partial charge in [0.25, 0.3) is 0 Å². The van der Waals surface area contributed by atoms with Crippen LogP contribution < -0.4 is 5.73 Å². The van der Waals surface area contributed by atoms with E-state index in [1.807, 2.05) is 12.1 Å². The second-order valence-corrected chi connectivity index (χ2v) is 2.84. The number of nitrogens with two attached hydrogens (primary N) is 1. The van der Waals surface area contributed by atoms with Crippen molar-refractivity contribution in [1.82, 2.24) is 4.98 Å². The molecule has 0 saturated heterocycles. The van der Waals surface area contributed by atoms with Crippen LogP contribution in [0.1, 0.15) is 5.56 Å². The highest BCUT2D eigenvalue weighted by atomic mass is 79.9. The Labute approximate surface area is 80.7 Å². The molecular weight excluding hydrogens is 227 g/mol. The van der Waals surface area contributed by atoms with E-state index in [0.29, 0.717) is 6.54 Å². The van der Waals surface area contributed by atoms with Crippen molar-refractivity contribution in [2.45, 2.75) is 6.42 Å². The molecule has 0 saturated carbocycles. The van der Waals surface area contributed by atoms with Gasteiger partial charge in [0.05, 0.1) is 0 Å². The molecule has 0 aliphatic heterocycles. The molecule has 0 unspecified atom stereocenters. The first-order valence-corrected chi connectivity index (χ1v) is 3.92. The molecule has 4 heteroatoms. The molecule has 0 fully saturated rings. The topological polar surface area (TPSA) is 38.9 Å². The summed E-state index contributed by atoms with van der Waals surface area (Å²) in [6.07, 6.45) is 2.69. The van der Waals surface area contributed by atoms with Gasteiger partial charge in [-0.05, 0) is 46.6 Å². The fourth-order valence-corrected chi connectivity index (χ4v) is 1.18. The fraction of sp³-hybridized carbons (Fsp3) is 0.286. The highest BCUT2D eigenvalue weighted by molar-refractivity contribution is 9.10. The van der Waals surface area contributed by atoms with Gasteiger partial charge < -0.3 is 5.73 Å².